The van der Waals surface area contributed by atoms with Gasteiger partial charge >= 0.3 is 0 Å². The number of allylic oxidation sites excluding steroid dienone is 1. The molecule has 2 aliphatic rings. The molecule has 0 radical (unpaired) electrons. The average molecular weight is 445 g/mol. The van der Waals surface area contributed by atoms with Crippen molar-refractivity contribution in [1.82, 2.24) is 9.55 Å². The summed E-state index contributed by atoms with van der Waals surface area (Å²) in [5.74, 6) is -2.23. The highest BCUT2D eigenvalue weighted by molar-refractivity contribution is 6.32. The lowest BCUT2D eigenvalue weighted by molar-refractivity contribution is -0.123. The Morgan fingerprint density at radius 3 is 2.39 bits per heavy atom. The third kappa shape index (κ3) is 4.06. The molecular weight excluding hydrogens is 423 g/mol. The normalized spacial score (nSPS) is 17.8. The van der Waals surface area contributed by atoms with Crippen molar-refractivity contribution < 1.29 is 19.1 Å². The van der Waals surface area contributed by atoms with Crippen LogP contribution in [0.4, 0.5) is 4.39 Å². The number of benzene rings is 1. The summed E-state index contributed by atoms with van der Waals surface area (Å²) in [7, 11) is 0. The monoisotopic (exact) mass is 444 g/mol. The Kier molecular flexibility index (Phi) is 6.05. The highest BCUT2D eigenvalue weighted by Crippen LogP contribution is 2.35. The van der Waals surface area contributed by atoms with Gasteiger partial charge in [0.1, 0.15) is 11.4 Å². The molecule has 0 unspecified atom stereocenters. The van der Waals surface area contributed by atoms with Crippen LogP contribution in [0.1, 0.15) is 63.1 Å². The summed E-state index contributed by atoms with van der Waals surface area (Å²) < 4.78 is 15.4. The van der Waals surface area contributed by atoms with Crippen molar-refractivity contribution in [3.8, 4) is 11.3 Å². The number of Topliss-reactive ketones (excluding diaryl/α,β-unsaturated/α-hetero) is 2. The van der Waals surface area contributed by atoms with Crippen LogP contribution in [0.25, 0.3) is 17.0 Å². The zero-order valence-corrected chi connectivity index (χ0v) is 17.6. The smallest absolute Gasteiger partial charge is 0.281 e. The van der Waals surface area contributed by atoms with Gasteiger partial charge in [-0.3, -0.25) is 14.4 Å². The number of rotatable bonds is 3. The fourth-order valence-corrected chi connectivity index (χ4v) is 4.73. The molecule has 0 aliphatic heterocycles. The van der Waals surface area contributed by atoms with E-state index in [4.69, 9.17) is 11.6 Å². The van der Waals surface area contributed by atoms with E-state index in [0.29, 0.717) is 12.0 Å². The van der Waals surface area contributed by atoms with Crippen LogP contribution in [0, 0.1) is 5.82 Å². The molecule has 0 spiro atoms. The van der Waals surface area contributed by atoms with Gasteiger partial charge in [0.25, 0.3) is 5.56 Å². The quantitative estimate of drug-likeness (QED) is 0.417. The van der Waals surface area contributed by atoms with Crippen LogP contribution < -0.4 is 5.56 Å². The molecule has 4 rings (SSSR count). The minimum atomic E-state index is -0.725. The molecule has 8 heteroatoms. The van der Waals surface area contributed by atoms with Crippen LogP contribution in [0.3, 0.4) is 0 Å². The van der Waals surface area contributed by atoms with Gasteiger partial charge in [-0.2, -0.15) is 0 Å². The Bertz CT molecular complexity index is 1130. The molecular formula is C23H22ClFN2O4. The first-order valence-electron chi connectivity index (χ1n) is 10.5. The summed E-state index contributed by atoms with van der Waals surface area (Å²) in [6.07, 6.45) is 4.97. The molecule has 2 aliphatic carbocycles. The third-order valence-electron chi connectivity index (χ3n) is 5.93. The Morgan fingerprint density at radius 2 is 1.74 bits per heavy atom. The van der Waals surface area contributed by atoms with Crippen molar-refractivity contribution >= 4 is 28.9 Å². The summed E-state index contributed by atoms with van der Waals surface area (Å²) in [4.78, 5) is 42.2. The van der Waals surface area contributed by atoms with E-state index in [2.05, 4.69) is 4.98 Å². The predicted octanol–water partition coefficient (Wildman–Crippen LogP) is 4.80. The standard InChI is InChI=1S/C23H22ClFN2O4/c24-22-20(13-6-4-7-14(25)12-13)27(15-8-2-1-3-9-15)23(31)19(26-22)21(30)18-16(28)10-5-11-17(18)29/h4,6-7,12,15,30H,1-3,5,8-11H2. The first-order chi connectivity index (χ1) is 14.9. The highest BCUT2D eigenvalue weighted by Gasteiger charge is 2.32. The molecule has 1 N–H and O–H groups in total. The SMILES string of the molecule is O=C1CCCC(=O)C1=C(O)c1nc(Cl)c(-c2cccc(F)c2)n(C2CCCCC2)c1=O. The van der Waals surface area contributed by atoms with Gasteiger partial charge in [-0.15, -0.1) is 0 Å². The Labute approximate surface area is 183 Å². The minimum Gasteiger partial charge on any atom is -0.505 e. The summed E-state index contributed by atoms with van der Waals surface area (Å²) in [5, 5.41) is 10.7. The second kappa shape index (κ2) is 8.75. The number of nitrogens with zero attached hydrogens (tertiary/aromatic N) is 2. The number of carbonyl (C=O) groups excluding carboxylic acids is 2. The van der Waals surface area contributed by atoms with Crippen molar-refractivity contribution in [2.24, 2.45) is 0 Å². The lowest BCUT2D eigenvalue weighted by Gasteiger charge is -2.27. The molecule has 2 fully saturated rings. The molecule has 2 aromatic rings. The van der Waals surface area contributed by atoms with Crippen LogP contribution in [-0.4, -0.2) is 26.2 Å². The number of hydrogen-bond donors (Lipinski definition) is 1. The second-order valence-corrected chi connectivity index (χ2v) is 8.36. The first-order valence-corrected chi connectivity index (χ1v) is 10.8. The van der Waals surface area contributed by atoms with Crippen LogP contribution in [0.2, 0.25) is 5.15 Å². The number of hydrogen-bond acceptors (Lipinski definition) is 5. The summed E-state index contributed by atoms with van der Waals surface area (Å²) in [5.41, 5.74) is -0.800. The Balaban J connectivity index is 1.98. The number of aliphatic hydroxyl groups is 1. The van der Waals surface area contributed by atoms with Gasteiger partial charge in [0, 0.05) is 24.4 Å². The summed E-state index contributed by atoms with van der Waals surface area (Å²) in [6, 6.07) is 5.50. The highest BCUT2D eigenvalue weighted by atomic mass is 35.5. The molecule has 1 aromatic heterocycles. The lowest BCUT2D eigenvalue weighted by Crippen LogP contribution is -2.32. The maximum atomic E-state index is 13.9. The topological polar surface area (TPSA) is 89.3 Å². The van der Waals surface area contributed by atoms with E-state index in [1.165, 1.54) is 22.8 Å². The van der Waals surface area contributed by atoms with Crippen molar-refractivity contribution in [3.05, 3.63) is 56.9 Å². The van der Waals surface area contributed by atoms with Crippen LogP contribution in [0.5, 0.6) is 0 Å². The number of aliphatic hydroxyl groups excluding tert-OH is 1. The number of carbonyl (C=O) groups is 2. The minimum absolute atomic E-state index is 0.103. The maximum absolute atomic E-state index is 13.9. The molecule has 0 atom stereocenters. The summed E-state index contributed by atoms with van der Waals surface area (Å²) >= 11 is 6.47. The van der Waals surface area contributed by atoms with Crippen molar-refractivity contribution in [2.45, 2.75) is 57.4 Å². The van der Waals surface area contributed by atoms with Gasteiger partial charge in [-0.1, -0.05) is 43.0 Å². The van der Waals surface area contributed by atoms with E-state index in [9.17, 15) is 23.9 Å². The molecule has 31 heavy (non-hydrogen) atoms. The maximum Gasteiger partial charge on any atom is 0.281 e. The zero-order chi connectivity index (χ0) is 22.1. The second-order valence-electron chi connectivity index (χ2n) is 8.00. The van der Waals surface area contributed by atoms with Gasteiger partial charge in [0.05, 0.1) is 5.69 Å². The van der Waals surface area contributed by atoms with Gasteiger partial charge in [-0.25, -0.2) is 9.37 Å². The number of aromatic nitrogens is 2. The van der Waals surface area contributed by atoms with Crippen molar-refractivity contribution in [3.63, 3.8) is 0 Å². The Morgan fingerprint density at radius 1 is 1.06 bits per heavy atom. The number of halogens is 2. The fourth-order valence-electron chi connectivity index (χ4n) is 4.45. The van der Waals surface area contributed by atoms with Gasteiger partial charge < -0.3 is 9.67 Å². The van der Waals surface area contributed by atoms with E-state index in [1.807, 2.05) is 0 Å². The van der Waals surface area contributed by atoms with E-state index >= 15 is 0 Å². The number of ketones is 2. The van der Waals surface area contributed by atoms with E-state index < -0.39 is 34.4 Å². The lowest BCUT2D eigenvalue weighted by atomic mass is 9.90. The van der Waals surface area contributed by atoms with E-state index in [0.717, 1.165) is 32.1 Å². The molecule has 1 heterocycles. The summed E-state index contributed by atoms with van der Waals surface area (Å²) in [6.45, 7) is 0. The average Bonchev–Trinajstić information content (AvgIpc) is 2.75. The fraction of sp³-hybridized carbons (Fsp3) is 0.391. The molecule has 2 saturated carbocycles. The molecule has 6 nitrogen and oxygen atoms in total. The predicted molar refractivity (Wildman–Crippen MR) is 114 cm³/mol. The Hall–Kier alpha value is -2.80. The van der Waals surface area contributed by atoms with Gasteiger partial charge in [0.15, 0.2) is 28.2 Å². The molecule has 0 amide bonds. The van der Waals surface area contributed by atoms with E-state index in [1.54, 1.807) is 6.07 Å². The zero-order valence-electron chi connectivity index (χ0n) is 16.9. The molecule has 1 aromatic carbocycles. The molecule has 0 bridgehead atoms. The molecule has 162 valence electrons. The third-order valence-corrected chi connectivity index (χ3v) is 6.20. The van der Waals surface area contributed by atoms with Crippen LogP contribution in [-0.2, 0) is 9.59 Å². The van der Waals surface area contributed by atoms with Gasteiger partial charge in [-0.05, 0) is 31.4 Å². The van der Waals surface area contributed by atoms with Crippen LogP contribution in [0.15, 0.2) is 34.6 Å². The van der Waals surface area contributed by atoms with Crippen molar-refractivity contribution in [1.29, 1.82) is 0 Å². The van der Waals surface area contributed by atoms with Gasteiger partial charge in [0.2, 0.25) is 0 Å². The van der Waals surface area contributed by atoms with E-state index in [-0.39, 0.29) is 35.3 Å². The largest absolute Gasteiger partial charge is 0.505 e. The molecule has 0 saturated heterocycles. The van der Waals surface area contributed by atoms with Crippen molar-refractivity contribution in [2.75, 3.05) is 0 Å². The van der Waals surface area contributed by atoms with Crippen LogP contribution >= 0.6 is 11.6 Å². The first kappa shape index (κ1) is 21.4.